The van der Waals surface area contributed by atoms with Crippen molar-refractivity contribution in [3.63, 3.8) is 0 Å². The number of alkyl halides is 6. The fourth-order valence-electron chi connectivity index (χ4n) is 2.80. The highest BCUT2D eigenvalue weighted by Crippen LogP contribution is 2.36. The number of hydrogen-bond donors (Lipinski definition) is 2. The quantitative estimate of drug-likeness (QED) is 0.532. The Morgan fingerprint density at radius 2 is 1.55 bits per heavy atom. The lowest BCUT2D eigenvalue weighted by Gasteiger charge is -2.23. The van der Waals surface area contributed by atoms with Crippen molar-refractivity contribution < 1.29 is 31.1 Å². The maximum absolute atomic E-state index is 13.5. The summed E-state index contributed by atoms with van der Waals surface area (Å²) in [5, 5.41) is 4.75. The van der Waals surface area contributed by atoms with Crippen LogP contribution in [0, 0.1) is 0 Å². The minimum Gasteiger partial charge on any atom is -0.325 e. The maximum Gasteiger partial charge on any atom is 0.418 e. The Bertz CT molecular complexity index is 1040. The van der Waals surface area contributed by atoms with Crippen molar-refractivity contribution in [1.29, 1.82) is 0 Å². The van der Waals surface area contributed by atoms with Crippen molar-refractivity contribution in [2.24, 2.45) is 0 Å². The average Bonchev–Trinajstić information content (AvgIpc) is 2.72. The zero-order valence-corrected chi connectivity index (χ0v) is 15.5. The number of urea groups is 1. The van der Waals surface area contributed by atoms with Crippen molar-refractivity contribution in [2.75, 3.05) is 5.32 Å². The highest BCUT2D eigenvalue weighted by molar-refractivity contribution is 5.89. The second-order valence-corrected chi connectivity index (χ2v) is 6.33. The monoisotopic (exact) mass is 440 g/mol. The minimum atomic E-state index is -4.80. The van der Waals surface area contributed by atoms with Gasteiger partial charge >= 0.3 is 18.4 Å². The van der Waals surface area contributed by atoms with Gasteiger partial charge in [-0.3, -0.25) is 9.97 Å². The molecular weight excluding hydrogens is 426 g/mol. The Labute approximate surface area is 172 Å². The Morgan fingerprint density at radius 1 is 0.871 bits per heavy atom. The molecule has 0 bridgehead atoms. The molecule has 31 heavy (non-hydrogen) atoms. The maximum atomic E-state index is 13.5. The molecule has 0 aliphatic rings. The van der Waals surface area contributed by atoms with Gasteiger partial charge in [-0.05, 0) is 42.0 Å². The summed E-state index contributed by atoms with van der Waals surface area (Å²) in [6.07, 6.45) is -5.55. The van der Waals surface area contributed by atoms with Crippen LogP contribution in [0.15, 0.2) is 67.1 Å². The zero-order chi connectivity index (χ0) is 22.6. The van der Waals surface area contributed by atoms with Gasteiger partial charge in [0.1, 0.15) is 0 Å². The lowest BCUT2D eigenvalue weighted by molar-refractivity contribution is -0.139. The lowest BCUT2D eigenvalue weighted by atomic mass is 9.98. The first-order chi connectivity index (χ1) is 14.6. The highest BCUT2D eigenvalue weighted by Gasteiger charge is 2.37. The molecule has 5 nitrogen and oxygen atoms in total. The van der Waals surface area contributed by atoms with Gasteiger partial charge in [0.2, 0.25) is 0 Å². The number of halogens is 6. The molecule has 0 spiro atoms. The number of carbonyl (C=O) groups excluding carboxylic acids is 1. The number of aromatic nitrogens is 2. The SMILES string of the molecule is O=C(Nc1cccnc1)NC(c1ccc(C(F)(F)F)cc1)c1ncccc1C(F)(F)F. The largest absolute Gasteiger partial charge is 0.418 e. The summed E-state index contributed by atoms with van der Waals surface area (Å²) >= 11 is 0. The predicted octanol–water partition coefficient (Wildman–Crippen LogP) is 5.43. The number of rotatable bonds is 4. The van der Waals surface area contributed by atoms with Gasteiger partial charge in [-0.15, -0.1) is 0 Å². The molecule has 0 saturated heterocycles. The van der Waals surface area contributed by atoms with Gasteiger partial charge in [0, 0.05) is 12.4 Å². The number of nitrogens with one attached hydrogen (secondary N) is 2. The van der Waals surface area contributed by atoms with Crippen molar-refractivity contribution in [1.82, 2.24) is 15.3 Å². The van der Waals surface area contributed by atoms with E-state index in [1.807, 2.05) is 0 Å². The Hall–Kier alpha value is -3.63. The van der Waals surface area contributed by atoms with Crippen LogP contribution in [-0.2, 0) is 12.4 Å². The number of pyridine rings is 2. The first kappa shape index (κ1) is 22.1. The highest BCUT2D eigenvalue weighted by atomic mass is 19.4. The molecule has 0 aliphatic heterocycles. The normalized spacial score (nSPS) is 12.8. The van der Waals surface area contributed by atoms with Crippen LogP contribution in [0.1, 0.15) is 28.4 Å². The third kappa shape index (κ3) is 5.50. The van der Waals surface area contributed by atoms with Crippen molar-refractivity contribution in [3.8, 4) is 0 Å². The first-order valence-electron chi connectivity index (χ1n) is 8.72. The molecule has 2 N–H and O–H groups in total. The second kappa shape index (κ2) is 8.62. The van der Waals surface area contributed by atoms with Gasteiger partial charge in [-0.1, -0.05) is 12.1 Å². The zero-order valence-electron chi connectivity index (χ0n) is 15.5. The molecule has 0 fully saturated rings. The first-order valence-corrected chi connectivity index (χ1v) is 8.72. The van der Waals surface area contributed by atoms with Gasteiger partial charge < -0.3 is 10.6 Å². The van der Waals surface area contributed by atoms with Crippen LogP contribution in [0.2, 0.25) is 0 Å². The third-order valence-electron chi connectivity index (χ3n) is 4.18. The van der Waals surface area contributed by atoms with Gasteiger partial charge in [-0.2, -0.15) is 26.3 Å². The van der Waals surface area contributed by atoms with Gasteiger partial charge in [-0.25, -0.2) is 4.79 Å². The van der Waals surface area contributed by atoms with Crippen LogP contribution < -0.4 is 10.6 Å². The fraction of sp³-hybridized carbons (Fsp3) is 0.150. The second-order valence-electron chi connectivity index (χ2n) is 6.33. The summed E-state index contributed by atoms with van der Waals surface area (Å²) in [5.74, 6) is 0. The minimum absolute atomic E-state index is 0.0152. The van der Waals surface area contributed by atoms with E-state index in [4.69, 9.17) is 0 Å². The number of hydrogen-bond acceptors (Lipinski definition) is 3. The van der Waals surface area contributed by atoms with Crippen LogP contribution in [0.4, 0.5) is 36.8 Å². The smallest absolute Gasteiger partial charge is 0.325 e. The van der Waals surface area contributed by atoms with E-state index < -0.39 is 41.2 Å². The van der Waals surface area contributed by atoms with E-state index in [1.165, 1.54) is 24.5 Å². The summed E-state index contributed by atoms with van der Waals surface area (Å²) < 4.78 is 79.1. The van der Waals surface area contributed by atoms with E-state index in [0.29, 0.717) is 0 Å². The Balaban J connectivity index is 2.00. The molecule has 162 valence electrons. The number of benzene rings is 1. The number of carbonyl (C=O) groups is 1. The van der Waals surface area contributed by atoms with Crippen molar-refractivity contribution >= 4 is 11.7 Å². The average molecular weight is 440 g/mol. The van der Waals surface area contributed by atoms with E-state index in [1.54, 1.807) is 0 Å². The van der Waals surface area contributed by atoms with E-state index in [0.717, 1.165) is 42.6 Å². The van der Waals surface area contributed by atoms with Crippen molar-refractivity contribution in [3.05, 3.63) is 89.5 Å². The molecule has 1 unspecified atom stereocenters. The topological polar surface area (TPSA) is 66.9 Å². The van der Waals surface area contributed by atoms with E-state index in [9.17, 15) is 31.1 Å². The molecule has 0 saturated carbocycles. The summed E-state index contributed by atoms with van der Waals surface area (Å²) in [5.41, 5.74) is -2.41. The molecule has 11 heteroatoms. The number of anilines is 1. The molecule has 2 aromatic heterocycles. The molecule has 0 aliphatic carbocycles. The summed E-state index contributed by atoms with van der Waals surface area (Å²) in [6.45, 7) is 0. The molecule has 3 rings (SSSR count). The van der Waals surface area contributed by atoms with Gasteiger partial charge in [0.15, 0.2) is 0 Å². The standard InChI is InChI=1S/C20H14F6N4O/c21-19(22,23)13-7-5-12(6-8-13)16(17-15(20(24,25)26)4-2-10-28-17)30-18(31)29-14-3-1-9-27-11-14/h1-11,16H,(H2,29,30,31). The summed E-state index contributed by atoms with van der Waals surface area (Å²) in [7, 11) is 0. The van der Waals surface area contributed by atoms with E-state index >= 15 is 0 Å². The van der Waals surface area contributed by atoms with Crippen LogP contribution in [0.3, 0.4) is 0 Å². The molecule has 3 aromatic rings. The van der Waals surface area contributed by atoms with Crippen molar-refractivity contribution in [2.45, 2.75) is 18.4 Å². The van der Waals surface area contributed by atoms with Crippen LogP contribution in [0.25, 0.3) is 0 Å². The molecule has 0 radical (unpaired) electrons. The summed E-state index contributed by atoms with van der Waals surface area (Å²) in [4.78, 5) is 20.0. The third-order valence-corrected chi connectivity index (χ3v) is 4.18. The van der Waals surface area contributed by atoms with E-state index in [-0.39, 0.29) is 11.3 Å². The number of amides is 2. The number of nitrogens with zero attached hydrogens (tertiary/aromatic N) is 2. The Morgan fingerprint density at radius 3 is 2.13 bits per heavy atom. The lowest BCUT2D eigenvalue weighted by Crippen LogP contribution is -2.35. The van der Waals surface area contributed by atoms with E-state index in [2.05, 4.69) is 20.6 Å². The molecule has 2 heterocycles. The molecule has 2 amide bonds. The predicted molar refractivity (Wildman–Crippen MR) is 98.9 cm³/mol. The molecule has 1 atom stereocenters. The summed E-state index contributed by atoms with van der Waals surface area (Å²) in [6, 6.07) is 5.95. The fourth-order valence-corrected chi connectivity index (χ4v) is 2.80. The Kier molecular flexibility index (Phi) is 6.14. The van der Waals surface area contributed by atoms with Gasteiger partial charge in [0.05, 0.1) is 34.7 Å². The molecular formula is C20H14F6N4O. The molecule has 1 aromatic carbocycles. The van der Waals surface area contributed by atoms with Crippen LogP contribution in [-0.4, -0.2) is 16.0 Å². The van der Waals surface area contributed by atoms with Crippen LogP contribution >= 0.6 is 0 Å². The van der Waals surface area contributed by atoms with Crippen LogP contribution in [0.5, 0.6) is 0 Å². The van der Waals surface area contributed by atoms with Gasteiger partial charge in [0.25, 0.3) is 0 Å².